The topological polar surface area (TPSA) is 118 Å². The van der Waals surface area contributed by atoms with Crippen molar-refractivity contribution in [3.05, 3.63) is 51.7 Å². The van der Waals surface area contributed by atoms with E-state index in [4.69, 9.17) is 11.6 Å². The van der Waals surface area contributed by atoms with E-state index in [0.717, 1.165) is 5.56 Å². The molecule has 0 aliphatic carbocycles. The molecule has 0 radical (unpaired) electrons. The monoisotopic (exact) mass is 460 g/mol. The molecule has 0 fully saturated rings. The first-order valence-electron chi connectivity index (χ1n) is 9.31. The Bertz CT molecular complexity index is 1080. The molecule has 0 aliphatic rings. The lowest BCUT2D eigenvalue weighted by Gasteiger charge is -2.09. The number of para-hydroxylation sites is 1. The highest BCUT2D eigenvalue weighted by Crippen LogP contribution is 2.28. The Morgan fingerprint density at radius 2 is 1.97 bits per heavy atom. The number of aryl methyl sites for hydroxylation is 2. The molecule has 3 aromatic rings. The summed E-state index contributed by atoms with van der Waals surface area (Å²) in [6, 6.07) is 7.11. The van der Waals surface area contributed by atoms with Crippen LogP contribution in [-0.2, 0) is 9.53 Å². The summed E-state index contributed by atoms with van der Waals surface area (Å²) in [6.45, 7) is 4.00. The lowest BCUT2D eigenvalue weighted by Crippen LogP contribution is -2.11. The van der Waals surface area contributed by atoms with Crippen LogP contribution in [0.4, 0.5) is 22.5 Å². The molecule has 3 N–H and O–H groups in total. The average Bonchev–Trinajstić information content (AvgIpc) is 3.18. The Morgan fingerprint density at radius 3 is 2.71 bits per heavy atom. The quantitative estimate of drug-likeness (QED) is 0.428. The van der Waals surface area contributed by atoms with Crippen LogP contribution in [0.15, 0.2) is 30.5 Å². The molecule has 162 valence electrons. The second-order valence-corrected chi connectivity index (χ2v) is 7.92. The summed E-state index contributed by atoms with van der Waals surface area (Å²) in [4.78, 5) is 37.1. The fraction of sp³-hybridized carbons (Fsp3) is 0.250. The molecular formula is C20H21ClN6O3S. The minimum absolute atomic E-state index is 0.220. The van der Waals surface area contributed by atoms with Crippen molar-refractivity contribution in [1.29, 1.82) is 0 Å². The van der Waals surface area contributed by atoms with E-state index in [9.17, 15) is 9.59 Å². The average molecular weight is 461 g/mol. The summed E-state index contributed by atoms with van der Waals surface area (Å²) in [5.41, 5.74) is 1.44. The number of rotatable bonds is 8. The van der Waals surface area contributed by atoms with Crippen molar-refractivity contribution in [3.63, 3.8) is 0 Å². The maximum atomic E-state index is 12.6. The van der Waals surface area contributed by atoms with Gasteiger partial charge in [-0.05, 0) is 25.5 Å². The number of aromatic nitrogens is 3. The maximum absolute atomic E-state index is 12.6. The third kappa shape index (κ3) is 6.12. The van der Waals surface area contributed by atoms with E-state index < -0.39 is 0 Å². The van der Waals surface area contributed by atoms with Gasteiger partial charge in [0.15, 0.2) is 5.13 Å². The number of methoxy groups -OCH3 is 1. The zero-order chi connectivity index (χ0) is 22.4. The molecule has 0 aliphatic heterocycles. The van der Waals surface area contributed by atoms with E-state index in [1.165, 1.54) is 24.6 Å². The van der Waals surface area contributed by atoms with Gasteiger partial charge in [-0.3, -0.25) is 9.59 Å². The normalized spacial score (nSPS) is 10.5. The maximum Gasteiger partial charge on any atom is 0.307 e. The van der Waals surface area contributed by atoms with Crippen molar-refractivity contribution in [2.24, 2.45) is 0 Å². The van der Waals surface area contributed by atoms with Crippen LogP contribution in [-0.4, -0.2) is 40.5 Å². The number of amides is 1. The van der Waals surface area contributed by atoms with Crippen LogP contribution in [0, 0.1) is 13.8 Å². The smallest absolute Gasteiger partial charge is 0.307 e. The molecule has 2 aromatic heterocycles. The molecule has 0 atom stereocenters. The zero-order valence-electron chi connectivity index (χ0n) is 17.2. The van der Waals surface area contributed by atoms with Gasteiger partial charge in [-0.2, -0.15) is 0 Å². The predicted molar refractivity (Wildman–Crippen MR) is 121 cm³/mol. The Morgan fingerprint density at radius 1 is 1.19 bits per heavy atom. The second kappa shape index (κ2) is 10.2. The number of halogens is 1. The van der Waals surface area contributed by atoms with E-state index in [1.54, 1.807) is 19.1 Å². The molecular weight excluding hydrogens is 440 g/mol. The molecule has 9 nitrogen and oxygen atoms in total. The SMILES string of the molecule is COC(=O)CCNc1cc(Nc2ncc(C(=O)Nc3c(C)cccc3Cl)s2)nc(C)n1. The number of benzene rings is 1. The van der Waals surface area contributed by atoms with Crippen LogP contribution in [0.25, 0.3) is 0 Å². The van der Waals surface area contributed by atoms with Crippen LogP contribution < -0.4 is 16.0 Å². The summed E-state index contributed by atoms with van der Waals surface area (Å²) < 4.78 is 4.62. The Hall–Kier alpha value is -3.24. The van der Waals surface area contributed by atoms with Crippen LogP contribution in [0.5, 0.6) is 0 Å². The van der Waals surface area contributed by atoms with E-state index in [2.05, 4.69) is 35.6 Å². The van der Waals surface area contributed by atoms with Crippen LogP contribution in [0.2, 0.25) is 5.02 Å². The van der Waals surface area contributed by atoms with Crippen molar-refractivity contribution in [3.8, 4) is 0 Å². The Balaban J connectivity index is 1.66. The van der Waals surface area contributed by atoms with Crippen molar-refractivity contribution < 1.29 is 14.3 Å². The van der Waals surface area contributed by atoms with Crippen molar-refractivity contribution >= 4 is 57.3 Å². The number of hydrogen-bond acceptors (Lipinski definition) is 9. The number of nitrogens with one attached hydrogen (secondary N) is 3. The van der Waals surface area contributed by atoms with Crippen molar-refractivity contribution in [1.82, 2.24) is 15.0 Å². The number of thiazole rings is 1. The molecule has 0 saturated heterocycles. The summed E-state index contributed by atoms with van der Waals surface area (Å²) in [7, 11) is 1.34. The lowest BCUT2D eigenvalue weighted by molar-refractivity contribution is -0.140. The van der Waals surface area contributed by atoms with Gasteiger partial charge in [0, 0.05) is 12.6 Å². The minimum Gasteiger partial charge on any atom is -0.469 e. The van der Waals surface area contributed by atoms with Gasteiger partial charge in [-0.25, -0.2) is 15.0 Å². The molecule has 31 heavy (non-hydrogen) atoms. The number of carbonyl (C=O) groups excluding carboxylic acids is 2. The third-order valence-corrected chi connectivity index (χ3v) is 5.35. The standard InChI is InChI=1S/C20H21ClN6O3S/c1-11-5-4-6-13(21)18(11)27-19(29)14-10-23-20(31-14)26-16-9-15(24-12(2)25-16)22-8-7-17(28)30-3/h4-6,9-10H,7-8H2,1-3H3,(H,27,29)(H2,22,23,24,25,26). The highest BCUT2D eigenvalue weighted by Gasteiger charge is 2.14. The second-order valence-electron chi connectivity index (χ2n) is 6.48. The fourth-order valence-corrected chi connectivity index (χ4v) is 3.62. The van der Waals surface area contributed by atoms with Gasteiger partial charge in [-0.1, -0.05) is 35.1 Å². The highest BCUT2D eigenvalue weighted by molar-refractivity contribution is 7.17. The summed E-state index contributed by atoms with van der Waals surface area (Å²) >= 11 is 7.36. The molecule has 0 spiro atoms. The summed E-state index contributed by atoms with van der Waals surface area (Å²) in [6.07, 6.45) is 1.70. The van der Waals surface area contributed by atoms with Gasteiger partial charge in [-0.15, -0.1) is 0 Å². The highest BCUT2D eigenvalue weighted by atomic mass is 35.5. The van der Waals surface area contributed by atoms with Crippen LogP contribution in [0.1, 0.15) is 27.5 Å². The molecule has 1 amide bonds. The van der Waals surface area contributed by atoms with Gasteiger partial charge < -0.3 is 20.7 Å². The Kier molecular flexibility index (Phi) is 7.37. The molecule has 0 bridgehead atoms. The van der Waals surface area contributed by atoms with E-state index in [1.807, 2.05) is 19.1 Å². The number of anilines is 4. The predicted octanol–water partition coefficient (Wildman–Crippen LogP) is 4.17. The van der Waals surface area contributed by atoms with Gasteiger partial charge in [0.2, 0.25) is 0 Å². The van der Waals surface area contributed by atoms with Crippen molar-refractivity contribution in [2.45, 2.75) is 20.3 Å². The van der Waals surface area contributed by atoms with Gasteiger partial charge >= 0.3 is 5.97 Å². The first-order chi connectivity index (χ1) is 14.9. The number of ether oxygens (including phenoxy) is 1. The summed E-state index contributed by atoms with van der Waals surface area (Å²) in [5.74, 6) is 0.996. The largest absolute Gasteiger partial charge is 0.469 e. The molecule has 2 heterocycles. The third-order valence-electron chi connectivity index (χ3n) is 4.13. The molecule has 1 aromatic carbocycles. The molecule has 0 unspecified atom stereocenters. The van der Waals surface area contributed by atoms with Crippen LogP contribution >= 0.6 is 22.9 Å². The lowest BCUT2D eigenvalue weighted by atomic mass is 10.2. The first kappa shape index (κ1) is 22.4. The van der Waals surface area contributed by atoms with Gasteiger partial charge in [0.05, 0.1) is 30.4 Å². The van der Waals surface area contributed by atoms with Gasteiger partial charge in [0.25, 0.3) is 5.91 Å². The number of esters is 1. The summed E-state index contributed by atoms with van der Waals surface area (Å²) in [5, 5.41) is 9.93. The van der Waals surface area contributed by atoms with E-state index in [0.29, 0.717) is 44.7 Å². The first-order valence-corrected chi connectivity index (χ1v) is 10.5. The Labute approximate surface area is 188 Å². The van der Waals surface area contributed by atoms with E-state index >= 15 is 0 Å². The van der Waals surface area contributed by atoms with E-state index in [-0.39, 0.29) is 18.3 Å². The number of hydrogen-bond donors (Lipinski definition) is 3. The van der Waals surface area contributed by atoms with Crippen molar-refractivity contribution in [2.75, 3.05) is 29.6 Å². The van der Waals surface area contributed by atoms with Crippen LogP contribution in [0.3, 0.4) is 0 Å². The minimum atomic E-state index is -0.308. The van der Waals surface area contributed by atoms with Gasteiger partial charge in [0.1, 0.15) is 22.3 Å². The fourth-order valence-electron chi connectivity index (χ4n) is 2.63. The molecule has 3 rings (SSSR count). The zero-order valence-corrected chi connectivity index (χ0v) is 18.7. The number of carbonyl (C=O) groups is 2. The molecule has 0 saturated carbocycles. The number of nitrogens with zero attached hydrogens (tertiary/aromatic N) is 3. The molecule has 11 heteroatoms.